The predicted octanol–water partition coefficient (Wildman–Crippen LogP) is -3.29. The second-order valence-electron chi connectivity index (χ2n) is 5.36. The van der Waals surface area contributed by atoms with E-state index >= 15 is 0 Å². The van der Waals surface area contributed by atoms with Crippen LogP contribution in [0.15, 0.2) is 0 Å². The number of nitrogens with zero attached hydrogens (tertiary/aromatic N) is 15. The van der Waals surface area contributed by atoms with E-state index in [9.17, 15) is 14.4 Å². The summed E-state index contributed by atoms with van der Waals surface area (Å²) in [6.45, 7) is 0. The first-order valence-corrected chi connectivity index (χ1v) is 8.01. The lowest BCUT2D eigenvalue weighted by Crippen LogP contribution is -2.13. The number of hydrogen-bond donors (Lipinski definition) is 3. The molecule has 0 saturated heterocycles. The van der Waals surface area contributed by atoms with Crippen molar-refractivity contribution < 1.29 is 29.7 Å². The molecule has 0 atom stereocenters. The molecule has 0 aromatic carbocycles. The highest BCUT2D eigenvalue weighted by molar-refractivity contribution is 5.83. The van der Waals surface area contributed by atoms with E-state index in [1.54, 1.807) is 0 Å². The second kappa shape index (κ2) is 8.17. The molecule has 0 saturated carbocycles. The van der Waals surface area contributed by atoms with Crippen LogP contribution >= 0.6 is 0 Å². The highest BCUT2D eigenvalue weighted by atomic mass is 16.4. The molecule has 0 radical (unpaired) electrons. The summed E-state index contributed by atoms with van der Waals surface area (Å²) in [5.74, 6) is -8.66. The van der Waals surface area contributed by atoms with E-state index in [1.807, 2.05) is 0 Å². The number of carbonyl (C=O) groups is 3. The summed E-state index contributed by atoms with van der Waals surface area (Å²) in [6.07, 6.45) is 0. The third-order valence-corrected chi connectivity index (χ3v) is 3.25. The minimum Gasteiger partial charge on any atom is -0.475 e. The zero-order valence-corrected chi connectivity index (χ0v) is 15.3. The van der Waals surface area contributed by atoms with Crippen molar-refractivity contribution in [3.8, 4) is 34.9 Å². The van der Waals surface area contributed by atoms with Gasteiger partial charge in [0, 0.05) is 0 Å². The van der Waals surface area contributed by atoms with E-state index < -0.39 is 35.4 Å². The lowest BCUT2D eigenvalue weighted by atomic mass is 10.4. The first-order valence-electron chi connectivity index (χ1n) is 8.01. The van der Waals surface area contributed by atoms with Gasteiger partial charge in [-0.3, -0.25) is 0 Å². The fourth-order valence-electron chi connectivity index (χ4n) is 1.89. The number of aromatic carboxylic acids is 3. The first-order chi connectivity index (χ1) is 15.8. The summed E-state index contributed by atoms with van der Waals surface area (Å²) in [5.41, 5.74) is 0. The van der Waals surface area contributed by atoms with Gasteiger partial charge >= 0.3 is 17.9 Å². The van der Waals surface area contributed by atoms with Gasteiger partial charge in [-0.1, -0.05) is 0 Å². The number of aromatic nitrogens is 15. The number of carboxylic acids is 3. The van der Waals surface area contributed by atoms with Crippen LogP contribution in [0.5, 0.6) is 0 Å². The minimum atomic E-state index is -1.48. The third-order valence-electron chi connectivity index (χ3n) is 3.25. The summed E-state index contributed by atoms with van der Waals surface area (Å²) in [6, 6.07) is 0. The monoisotopic (exact) mass is 453 g/mol. The Kier molecular flexibility index (Phi) is 5.08. The van der Waals surface area contributed by atoms with Gasteiger partial charge in [0.05, 0.1) is 0 Å². The summed E-state index contributed by atoms with van der Waals surface area (Å²) in [7, 11) is 0. The molecule has 0 amide bonds. The molecule has 21 heteroatoms. The van der Waals surface area contributed by atoms with Crippen molar-refractivity contribution >= 4 is 17.9 Å². The Morgan fingerprint density at radius 3 is 0.758 bits per heavy atom. The molecule has 0 unspecified atom stereocenters. The normalized spacial score (nSPS) is 10.5. The third kappa shape index (κ3) is 4.25. The van der Waals surface area contributed by atoms with E-state index in [1.165, 1.54) is 0 Å². The molecule has 0 aliphatic carbocycles. The molecule has 0 fully saturated rings. The Morgan fingerprint density at radius 1 is 0.364 bits per heavy atom. The molecule has 162 valence electrons. The Hall–Kier alpha value is -5.76. The van der Waals surface area contributed by atoms with Crippen molar-refractivity contribution in [1.29, 1.82) is 0 Å². The first kappa shape index (κ1) is 20.5. The average Bonchev–Trinajstić information content (AvgIpc) is 2.84. The topological polar surface area (TPSA) is 305 Å². The minimum absolute atomic E-state index is 0.344. The van der Waals surface area contributed by atoms with Crippen molar-refractivity contribution in [3.05, 3.63) is 17.5 Å². The van der Waals surface area contributed by atoms with E-state index in [-0.39, 0.29) is 34.9 Å². The average molecular weight is 453 g/mol. The van der Waals surface area contributed by atoms with Gasteiger partial charge in [-0.25, -0.2) is 29.3 Å². The predicted molar refractivity (Wildman–Crippen MR) is 90.6 cm³/mol. The van der Waals surface area contributed by atoms with Crippen molar-refractivity contribution in [2.24, 2.45) is 0 Å². The van der Waals surface area contributed by atoms with E-state index in [0.717, 1.165) is 0 Å². The quantitative estimate of drug-likeness (QED) is 0.257. The van der Waals surface area contributed by atoms with Crippen LogP contribution in [-0.2, 0) is 0 Å². The fourth-order valence-corrected chi connectivity index (χ4v) is 1.89. The molecule has 4 rings (SSSR count). The Bertz CT molecular complexity index is 1200. The van der Waals surface area contributed by atoms with Crippen LogP contribution in [0.4, 0.5) is 0 Å². The molecule has 4 heterocycles. The van der Waals surface area contributed by atoms with Gasteiger partial charge in [-0.05, 0) is 0 Å². The molecule has 33 heavy (non-hydrogen) atoms. The summed E-state index contributed by atoms with van der Waals surface area (Å²) in [5, 5.41) is 68.1. The zero-order valence-electron chi connectivity index (χ0n) is 15.3. The second-order valence-corrected chi connectivity index (χ2v) is 5.36. The molecule has 4 aromatic rings. The van der Waals surface area contributed by atoms with Crippen molar-refractivity contribution in [1.82, 2.24) is 76.1 Å². The van der Waals surface area contributed by atoms with Crippen LogP contribution in [-0.4, -0.2) is 109 Å². The van der Waals surface area contributed by atoms with Crippen molar-refractivity contribution in [3.63, 3.8) is 0 Å². The molecule has 4 aromatic heterocycles. The largest absolute Gasteiger partial charge is 0.475 e. The van der Waals surface area contributed by atoms with Crippen LogP contribution in [0.3, 0.4) is 0 Å². The molecular formula is C12H3N15O6. The van der Waals surface area contributed by atoms with Gasteiger partial charge in [-0.2, -0.15) is 0 Å². The van der Waals surface area contributed by atoms with E-state index in [4.69, 9.17) is 15.3 Å². The van der Waals surface area contributed by atoms with E-state index in [2.05, 4.69) is 76.1 Å². The van der Waals surface area contributed by atoms with Crippen LogP contribution in [0.25, 0.3) is 34.9 Å². The zero-order chi connectivity index (χ0) is 23.5. The summed E-state index contributed by atoms with van der Waals surface area (Å²) < 4.78 is 0. The lowest BCUT2D eigenvalue weighted by molar-refractivity contribution is 0.0669. The van der Waals surface area contributed by atoms with Gasteiger partial charge in [-0.15, -0.1) is 61.2 Å². The Balaban J connectivity index is 1.84. The Labute approximate surface area is 177 Å². The summed E-state index contributed by atoms with van der Waals surface area (Å²) >= 11 is 0. The van der Waals surface area contributed by atoms with Crippen LogP contribution < -0.4 is 0 Å². The highest BCUT2D eigenvalue weighted by Gasteiger charge is 2.21. The maximum absolute atomic E-state index is 10.9. The van der Waals surface area contributed by atoms with Gasteiger partial charge in [0.25, 0.3) is 17.5 Å². The van der Waals surface area contributed by atoms with Gasteiger partial charge in [0.1, 0.15) is 0 Å². The van der Waals surface area contributed by atoms with Crippen LogP contribution in [0, 0.1) is 0 Å². The Morgan fingerprint density at radius 2 is 0.576 bits per heavy atom. The SMILES string of the molecule is O=C(O)c1nnc(-c2nc(-c3nnc(C(=O)O)nn3)nc(-c3nnc(C(=O)O)nn3)n2)nn1. The number of hydrogen-bond acceptors (Lipinski definition) is 18. The molecular weight excluding hydrogens is 450 g/mol. The number of rotatable bonds is 6. The fraction of sp³-hybridized carbons (Fsp3) is 0. The maximum Gasteiger partial charge on any atom is 0.377 e. The smallest absolute Gasteiger partial charge is 0.377 e. The molecule has 3 N–H and O–H groups in total. The van der Waals surface area contributed by atoms with Crippen molar-refractivity contribution in [2.45, 2.75) is 0 Å². The van der Waals surface area contributed by atoms with Crippen molar-refractivity contribution in [2.75, 3.05) is 0 Å². The molecule has 0 spiro atoms. The van der Waals surface area contributed by atoms with Gasteiger partial charge in [0.2, 0.25) is 34.9 Å². The molecule has 21 nitrogen and oxygen atoms in total. The molecule has 0 bridgehead atoms. The van der Waals surface area contributed by atoms with E-state index in [0.29, 0.717) is 0 Å². The van der Waals surface area contributed by atoms with Gasteiger partial charge in [0.15, 0.2) is 0 Å². The maximum atomic E-state index is 10.9. The number of carboxylic acid groups (broad SMARTS) is 3. The standard InChI is InChI=1S/C12H3N15O6/c28-10(29)7-22-16-4(17-23-7)1-13-2(5-18-24-8(11(30)31)25-19-5)15-3(14-1)6-20-26-9(12(32)33)27-21-6/h(H,28,29)(H,30,31)(H,32,33). The lowest BCUT2D eigenvalue weighted by Gasteiger charge is -2.04. The summed E-state index contributed by atoms with van der Waals surface area (Å²) in [4.78, 5) is 44.6. The van der Waals surface area contributed by atoms with Crippen LogP contribution in [0.1, 0.15) is 31.9 Å². The molecule has 0 aliphatic heterocycles. The van der Waals surface area contributed by atoms with Gasteiger partial charge < -0.3 is 15.3 Å². The van der Waals surface area contributed by atoms with Crippen LogP contribution in [0.2, 0.25) is 0 Å². The molecule has 0 aliphatic rings. The highest BCUT2D eigenvalue weighted by Crippen LogP contribution is 2.17.